The third-order valence-electron chi connectivity index (χ3n) is 4.38. The number of aromatic nitrogens is 3. The van der Waals surface area contributed by atoms with Gasteiger partial charge in [0.15, 0.2) is 0 Å². The van der Waals surface area contributed by atoms with Crippen LogP contribution < -0.4 is 5.32 Å². The summed E-state index contributed by atoms with van der Waals surface area (Å²) in [6.45, 7) is 2.16. The molecule has 1 aromatic heterocycles. The molecule has 1 N–H and O–H groups in total. The van der Waals surface area contributed by atoms with Crippen molar-refractivity contribution in [2.75, 3.05) is 5.32 Å². The number of fused-ring (bicyclic) bond motifs is 1. The predicted octanol–water partition coefficient (Wildman–Crippen LogP) is 3.73. The molecule has 3 aromatic rings. The molecule has 4 nitrogen and oxygen atoms in total. The fourth-order valence-electron chi connectivity index (χ4n) is 3.24. The largest absolute Gasteiger partial charge is 0.348 e. The molecule has 0 aliphatic carbocycles. The summed E-state index contributed by atoms with van der Waals surface area (Å²) in [6.07, 6.45) is 2.59. The van der Waals surface area contributed by atoms with Crippen LogP contribution in [0.3, 0.4) is 0 Å². The van der Waals surface area contributed by atoms with E-state index in [4.69, 9.17) is 0 Å². The Morgan fingerprint density at radius 3 is 2.64 bits per heavy atom. The molecular formula is C18H18N4. The lowest BCUT2D eigenvalue weighted by Gasteiger charge is -2.32. The molecule has 0 unspecified atom stereocenters. The average Bonchev–Trinajstić information content (AvgIpc) is 3.04. The minimum atomic E-state index is 0.213. The zero-order chi connectivity index (χ0) is 14.9. The topological polar surface area (TPSA) is 42.7 Å². The second-order valence-electron chi connectivity index (χ2n) is 5.74. The molecule has 0 radical (unpaired) electrons. The minimum Gasteiger partial charge on any atom is -0.348 e. The number of nitrogens with zero attached hydrogens (tertiary/aromatic N) is 3. The Morgan fingerprint density at radius 2 is 1.82 bits per heavy atom. The summed E-state index contributed by atoms with van der Waals surface area (Å²) in [5.74, 6) is 0.841. The van der Waals surface area contributed by atoms with Gasteiger partial charge in [0.05, 0.1) is 12.1 Å². The van der Waals surface area contributed by atoms with Gasteiger partial charge in [-0.25, -0.2) is 4.68 Å². The fraction of sp³-hybridized carbons (Fsp3) is 0.222. The monoisotopic (exact) mass is 290 g/mol. The van der Waals surface area contributed by atoms with Crippen LogP contribution >= 0.6 is 0 Å². The SMILES string of the molecule is Cc1ccccc1[C@@H]1C[C@@H](c2ccccc2)Nc2ncnn21. The van der Waals surface area contributed by atoms with Crippen molar-refractivity contribution in [1.29, 1.82) is 0 Å². The van der Waals surface area contributed by atoms with Gasteiger partial charge >= 0.3 is 0 Å². The average molecular weight is 290 g/mol. The van der Waals surface area contributed by atoms with Gasteiger partial charge in [-0.15, -0.1) is 0 Å². The smallest absolute Gasteiger partial charge is 0.222 e. The molecule has 2 aromatic carbocycles. The molecule has 0 bridgehead atoms. The Kier molecular flexibility index (Phi) is 3.15. The van der Waals surface area contributed by atoms with Crippen molar-refractivity contribution < 1.29 is 0 Å². The van der Waals surface area contributed by atoms with Gasteiger partial charge < -0.3 is 5.32 Å². The predicted molar refractivity (Wildman–Crippen MR) is 86.8 cm³/mol. The van der Waals surface area contributed by atoms with Crippen molar-refractivity contribution in [3.8, 4) is 0 Å². The van der Waals surface area contributed by atoms with E-state index in [2.05, 4.69) is 70.9 Å². The van der Waals surface area contributed by atoms with Crippen molar-refractivity contribution >= 4 is 5.95 Å². The first-order valence-electron chi connectivity index (χ1n) is 7.59. The lowest BCUT2D eigenvalue weighted by molar-refractivity contribution is 0.429. The van der Waals surface area contributed by atoms with E-state index in [1.54, 1.807) is 6.33 Å². The molecule has 1 aliphatic heterocycles. The number of nitrogens with one attached hydrogen (secondary N) is 1. The quantitative estimate of drug-likeness (QED) is 0.782. The summed E-state index contributed by atoms with van der Waals surface area (Å²) >= 11 is 0. The van der Waals surface area contributed by atoms with Crippen LogP contribution in [0.5, 0.6) is 0 Å². The number of rotatable bonds is 2. The maximum atomic E-state index is 4.43. The van der Waals surface area contributed by atoms with Gasteiger partial charge in [0.2, 0.25) is 5.95 Å². The highest BCUT2D eigenvalue weighted by molar-refractivity contribution is 5.39. The van der Waals surface area contributed by atoms with Crippen LogP contribution in [-0.4, -0.2) is 14.8 Å². The fourth-order valence-corrected chi connectivity index (χ4v) is 3.24. The van der Waals surface area contributed by atoms with Crippen LogP contribution in [0.2, 0.25) is 0 Å². The zero-order valence-electron chi connectivity index (χ0n) is 12.5. The third kappa shape index (κ3) is 2.17. The van der Waals surface area contributed by atoms with Crippen LogP contribution in [0, 0.1) is 6.92 Å². The van der Waals surface area contributed by atoms with Crippen LogP contribution in [0.15, 0.2) is 60.9 Å². The number of hydrogen-bond donors (Lipinski definition) is 1. The van der Waals surface area contributed by atoms with Gasteiger partial charge in [-0.1, -0.05) is 54.6 Å². The Bertz CT molecular complexity index is 779. The molecule has 4 heteroatoms. The van der Waals surface area contributed by atoms with Crippen molar-refractivity contribution in [1.82, 2.24) is 14.8 Å². The van der Waals surface area contributed by atoms with E-state index in [1.807, 2.05) is 10.7 Å². The first-order chi connectivity index (χ1) is 10.8. The molecular weight excluding hydrogens is 272 g/mol. The summed E-state index contributed by atoms with van der Waals surface area (Å²) in [4.78, 5) is 4.38. The first kappa shape index (κ1) is 13.1. The van der Waals surface area contributed by atoms with Crippen molar-refractivity contribution in [3.63, 3.8) is 0 Å². The molecule has 2 atom stereocenters. The van der Waals surface area contributed by atoms with Crippen LogP contribution in [-0.2, 0) is 0 Å². The van der Waals surface area contributed by atoms with Crippen LogP contribution in [0.4, 0.5) is 5.95 Å². The van der Waals surface area contributed by atoms with E-state index in [9.17, 15) is 0 Å². The lowest BCUT2D eigenvalue weighted by Crippen LogP contribution is -2.28. The Morgan fingerprint density at radius 1 is 1.05 bits per heavy atom. The summed E-state index contributed by atoms with van der Waals surface area (Å²) in [5, 5.41) is 7.93. The number of aryl methyl sites for hydroxylation is 1. The second kappa shape index (κ2) is 5.30. The standard InChI is InChI=1S/C18H18N4/c1-13-7-5-6-10-15(13)17-11-16(14-8-3-2-4-9-14)21-18-19-12-20-22(17)18/h2-10,12,16-17H,11H2,1H3,(H,19,20,21)/t16-,17-/m0/s1. The van der Waals surface area contributed by atoms with E-state index in [0.29, 0.717) is 0 Å². The Labute approximate surface area is 129 Å². The molecule has 0 spiro atoms. The van der Waals surface area contributed by atoms with Gasteiger partial charge in [-0.2, -0.15) is 10.1 Å². The van der Waals surface area contributed by atoms with Crippen molar-refractivity contribution in [2.45, 2.75) is 25.4 Å². The molecule has 0 saturated heterocycles. The van der Waals surface area contributed by atoms with Crippen molar-refractivity contribution in [2.24, 2.45) is 0 Å². The molecule has 4 rings (SSSR count). The number of hydrogen-bond acceptors (Lipinski definition) is 3. The highest BCUT2D eigenvalue weighted by atomic mass is 15.4. The highest BCUT2D eigenvalue weighted by Gasteiger charge is 2.30. The van der Waals surface area contributed by atoms with Crippen molar-refractivity contribution in [3.05, 3.63) is 77.6 Å². The molecule has 1 aliphatic rings. The molecule has 0 fully saturated rings. The summed E-state index contributed by atoms with van der Waals surface area (Å²) < 4.78 is 2.00. The van der Waals surface area contributed by atoms with E-state index < -0.39 is 0 Å². The maximum Gasteiger partial charge on any atom is 0.222 e. The Balaban J connectivity index is 1.77. The third-order valence-corrected chi connectivity index (χ3v) is 4.38. The molecule has 0 amide bonds. The summed E-state index contributed by atoms with van der Waals surface area (Å²) in [6, 6.07) is 19.5. The van der Waals surface area contributed by atoms with Crippen LogP contribution in [0.1, 0.15) is 35.2 Å². The summed E-state index contributed by atoms with van der Waals surface area (Å²) in [5.41, 5.74) is 3.90. The normalized spacial score (nSPS) is 20.2. The van der Waals surface area contributed by atoms with Gasteiger partial charge in [0, 0.05) is 0 Å². The van der Waals surface area contributed by atoms with Gasteiger partial charge in [0.25, 0.3) is 0 Å². The highest BCUT2D eigenvalue weighted by Crippen LogP contribution is 2.38. The van der Waals surface area contributed by atoms with Crippen LogP contribution in [0.25, 0.3) is 0 Å². The lowest BCUT2D eigenvalue weighted by atomic mass is 9.91. The molecule has 0 saturated carbocycles. The first-order valence-corrected chi connectivity index (χ1v) is 7.59. The molecule has 110 valence electrons. The van der Waals surface area contributed by atoms with E-state index in [0.717, 1.165) is 12.4 Å². The maximum absolute atomic E-state index is 4.43. The van der Waals surface area contributed by atoms with E-state index in [1.165, 1.54) is 16.7 Å². The van der Waals surface area contributed by atoms with E-state index in [-0.39, 0.29) is 12.1 Å². The van der Waals surface area contributed by atoms with Gasteiger partial charge in [0.1, 0.15) is 6.33 Å². The zero-order valence-corrected chi connectivity index (χ0v) is 12.5. The van der Waals surface area contributed by atoms with E-state index >= 15 is 0 Å². The van der Waals surface area contributed by atoms with Gasteiger partial charge in [-0.05, 0) is 30.0 Å². The minimum absolute atomic E-state index is 0.213. The molecule has 2 heterocycles. The molecule has 22 heavy (non-hydrogen) atoms. The second-order valence-corrected chi connectivity index (χ2v) is 5.74. The Hall–Kier alpha value is -2.62. The number of anilines is 1. The summed E-state index contributed by atoms with van der Waals surface area (Å²) in [7, 11) is 0. The van der Waals surface area contributed by atoms with Gasteiger partial charge in [-0.3, -0.25) is 0 Å². The number of benzene rings is 2.